The van der Waals surface area contributed by atoms with Crippen LogP contribution in [0.5, 0.6) is 0 Å². The number of anilines is 1. The van der Waals surface area contributed by atoms with Gasteiger partial charge >= 0.3 is 0 Å². The van der Waals surface area contributed by atoms with Gasteiger partial charge < -0.3 is 10.2 Å². The van der Waals surface area contributed by atoms with Crippen molar-refractivity contribution >= 4 is 44.8 Å². The van der Waals surface area contributed by atoms with E-state index in [2.05, 4.69) is 17.4 Å². The average Bonchev–Trinajstić information content (AvgIpc) is 3.27. The number of aryl methyl sites for hydroxylation is 1. The molecule has 1 amide bonds. The third-order valence-electron chi connectivity index (χ3n) is 8.26. The van der Waals surface area contributed by atoms with Gasteiger partial charge in [-0.15, -0.1) is 0 Å². The van der Waals surface area contributed by atoms with Crippen LogP contribution in [0, 0.1) is 0 Å². The maximum Gasteiger partial charge on any atom is 0.239 e. The lowest BCUT2D eigenvalue weighted by atomic mass is 9.74. The lowest BCUT2D eigenvalue weighted by molar-refractivity contribution is -0.135. The Morgan fingerprint density at radius 2 is 1.65 bits per heavy atom. The predicted molar refractivity (Wildman–Crippen MR) is 163 cm³/mol. The molecule has 1 atom stereocenters. The molecule has 1 unspecified atom stereocenters. The Morgan fingerprint density at radius 1 is 0.950 bits per heavy atom. The molecule has 0 saturated carbocycles. The number of hydrogen-bond donors (Lipinski definition) is 1. The largest absolute Gasteiger partial charge is 0.341 e. The molecule has 9 heteroatoms. The van der Waals surface area contributed by atoms with Crippen molar-refractivity contribution in [1.82, 2.24) is 10.2 Å². The van der Waals surface area contributed by atoms with E-state index >= 15 is 0 Å². The van der Waals surface area contributed by atoms with E-state index in [9.17, 15) is 13.2 Å². The van der Waals surface area contributed by atoms with Gasteiger partial charge in [0.1, 0.15) is 0 Å². The van der Waals surface area contributed by atoms with Crippen LogP contribution in [-0.4, -0.2) is 51.2 Å². The number of likely N-dealkylation sites (tertiary alicyclic amines) is 1. The van der Waals surface area contributed by atoms with Crippen LogP contribution in [0.2, 0.25) is 10.0 Å². The summed E-state index contributed by atoms with van der Waals surface area (Å²) in [7, 11) is -3.38. The summed E-state index contributed by atoms with van der Waals surface area (Å²) in [5.41, 5.74) is 3.81. The highest BCUT2D eigenvalue weighted by molar-refractivity contribution is 7.92. The number of amides is 1. The molecule has 1 saturated heterocycles. The van der Waals surface area contributed by atoms with Gasteiger partial charge in [0.2, 0.25) is 15.9 Å². The lowest BCUT2D eigenvalue weighted by Gasteiger charge is -2.41. The van der Waals surface area contributed by atoms with Crippen molar-refractivity contribution in [1.29, 1.82) is 0 Å². The first kappa shape index (κ1) is 28.9. The molecular formula is C31H35Cl2N3O3S. The van der Waals surface area contributed by atoms with E-state index in [1.807, 2.05) is 65.6 Å². The van der Waals surface area contributed by atoms with Gasteiger partial charge in [-0.25, -0.2) is 8.42 Å². The SMILES string of the molecule is CS(=O)(=O)N1CC2(CCN(C(=O)C(CCCc3ccc(Cl)c(Cl)c3)NCc3ccccc3)CC2)c2ccccc21. The second-order valence-corrected chi connectivity index (χ2v) is 13.7. The maximum atomic E-state index is 13.9. The van der Waals surface area contributed by atoms with Gasteiger partial charge in [0.05, 0.1) is 28.0 Å². The fourth-order valence-corrected chi connectivity index (χ4v) is 7.36. The summed E-state index contributed by atoms with van der Waals surface area (Å²) in [4.78, 5) is 15.8. The smallest absolute Gasteiger partial charge is 0.239 e. The van der Waals surface area contributed by atoms with E-state index in [0.717, 1.165) is 48.1 Å². The summed E-state index contributed by atoms with van der Waals surface area (Å²) in [6, 6.07) is 23.3. The minimum Gasteiger partial charge on any atom is -0.341 e. The second kappa shape index (κ2) is 12.1. The summed E-state index contributed by atoms with van der Waals surface area (Å²) >= 11 is 12.3. The van der Waals surface area contributed by atoms with Crippen molar-refractivity contribution in [3.63, 3.8) is 0 Å². The minimum atomic E-state index is -3.38. The van der Waals surface area contributed by atoms with Gasteiger partial charge in [0.15, 0.2) is 0 Å². The standard InChI is InChI=1S/C31H35Cl2N3O3S/c1-40(38,39)36-22-31(25-11-5-6-13-29(25)36)16-18-35(19-17-31)30(37)28(34-21-24-8-3-2-4-9-24)12-7-10-23-14-15-26(32)27(33)20-23/h2-6,8-9,11,13-15,20,28,34H,7,10,12,16-19,21-22H2,1H3. The lowest BCUT2D eigenvalue weighted by Crippen LogP contribution is -2.52. The molecule has 5 rings (SSSR count). The van der Waals surface area contributed by atoms with Gasteiger partial charge in [-0.05, 0) is 67.0 Å². The van der Waals surface area contributed by atoms with Crippen molar-refractivity contribution < 1.29 is 13.2 Å². The number of fused-ring (bicyclic) bond motifs is 2. The first-order valence-electron chi connectivity index (χ1n) is 13.7. The summed E-state index contributed by atoms with van der Waals surface area (Å²) in [6.07, 6.45) is 5.05. The van der Waals surface area contributed by atoms with Gasteiger partial charge in [0, 0.05) is 31.6 Å². The zero-order chi connectivity index (χ0) is 28.3. The fourth-order valence-electron chi connectivity index (χ4n) is 6.04. The van der Waals surface area contributed by atoms with Crippen molar-refractivity contribution in [2.24, 2.45) is 0 Å². The zero-order valence-corrected chi connectivity index (χ0v) is 25.0. The van der Waals surface area contributed by atoms with E-state index in [1.54, 1.807) is 0 Å². The van der Waals surface area contributed by atoms with Crippen LogP contribution in [0.3, 0.4) is 0 Å². The molecule has 2 heterocycles. The molecule has 3 aromatic carbocycles. The monoisotopic (exact) mass is 599 g/mol. The third-order valence-corrected chi connectivity index (χ3v) is 10.1. The molecule has 0 radical (unpaired) electrons. The Bertz CT molecular complexity index is 1460. The number of halogens is 2. The highest BCUT2D eigenvalue weighted by atomic mass is 35.5. The summed E-state index contributed by atoms with van der Waals surface area (Å²) in [6.45, 7) is 2.24. The Labute approximate surface area is 247 Å². The summed E-state index contributed by atoms with van der Waals surface area (Å²) < 4.78 is 26.6. The average molecular weight is 601 g/mol. The molecule has 0 bridgehead atoms. The Kier molecular flexibility index (Phi) is 8.76. The molecule has 0 aromatic heterocycles. The Hall–Kier alpha value is -2.58. The predicted octanol–water partition coefficient (Wildman–Crippen LogP) is 5.81. The van der Waals surface area contributed by atoms with E-state index in [4.69, 9.17) is 23.2 Å². The van der Waals surface area contributed by atoms with E-state index in [0.29, 0.717) is 42.6 Å². The number of nitrogens with one attached hydrogen (secondary N) is 1. The molecule has 1 N–H and O–H groups in total. The van der Waals surface area contributed by atoms with Gasteiger partial charge in [-0.2, -0.15) is 0 Å². The van der Waals surface area contributed by atoms with E-state index in [1.165, 1.54) is 10.6 Å². The van der Waals surface area contributed by atoms with Crippen LogP contribution >= 0.6 is 23.2 Å². The van der Waals surface area contributed by atoms with Crippen molar-refractivity contribution in [3.05, 3.63) is 99.5 Å². The number of hydrogen-bond acceptors (Lipinski definition) is 4. The highest BCUT2D eigenvalue weighted by Crippen LogP contribution is 2.47. The molecule has 1 fully saturated rings. The van der Waals surface area contributed by atoms with Gasteiger partial charge in [-0.1, -0.05) is 77.8 Å². The number of para-hydroxylation sites is 1. The van der Waals surface area contributed by atoms with Crippen LogP contribution in [0.15, 0.2) is 72.8 Å². The Morgan fingerprint density at radius 3 is 2.35 bits per heavy atom. The topological polar surface area (TPSA) is 69.7 Å². The van der Waals surface area contributed by atoms with E-state index in [-0.39, 0.29) is 17.4 Å². The van der Waals surface area contributed by atoms with Crippen LogP contribution in [0.25, 0.3) is 0 Å². The molecular weight excluding hydrogens is 565 g/mol. The van der Waals surface area contributed by atoms with Crippen molar-refractivity contribution in [2.75, 3.05) is 30.2 Å². The molecule has 6 nitrogen and oxygen atoms in total. The molecule has 1 spiro atoms. The molecule has 2 aliphatic rings. The first-order valence-corrected chi connectivity index (χ1v) is 16.3. The Balaban J connectivity index is 1.27. The van der Waals surface area contributed by atoms with E-state index < -0.39 is 10.0 Å². The van der Waals surface area contributed by atoms with Crippen LogP contribution in [0.1, 0.15) is 42.4 Å². The first-order chi connectivity index (χ1) is 19.2. The van der Waals surface area contributed by atoms with Gasteiger partial charge in [0.25, 0.3) is 0 Å². The molecule has 3 aromatic rings. The number of carbonyl (C=O) groups is 1. The fraction of sp³-hybridized carbons (Fsp3) is 0.387. The summed E-state index contributed by atoms with van der Waals surface area (Å²) in [5.74, 6) is 0.103. The van der Waals surface area contributed by atoms with Crippen LogP contribution in [-0.2, 0) is 33.2 Å². The highest BCUT2D eigenvalue weighted by Gasteiger charge is 2.47. The van der Waals surface area contributed by atoms with Crippen molar-refractivity contribution in [2.45, 2.75) is 50.1 Å². The molecule has 212 valence electrons. The van der Waals surface area contributed by atoms with Crippen LogP contribution < -0.4 is 9.62 Å². The van der Waals surface area contributed by atoms with Crippen molar-refractivity contribution in [3.8, 4) is 0 Å². The normalized spacial score (nSPS) is 17.2. The number of piperidine rings is 1. The molecule has 0 aliphatic carbocycles. The number of nitrogens with zero attached hydrogens (tertiary/aromatic N) is 2. The second-order valence-electron chi connectivity index (χ2n) is 11.0. The minimum absolute atomic E-state index is 0.103. The number of benzene rings is 3. The summed E-state index contributed by atoms with van der Waals surface area (Å²) in [5, 5.41) is 4.60. The maximum absolute atomic E-state index is 13.9. The quantitative estimate of drug-likeness (QED) is 0.337. The zero-order valence-electron chi connectivity index (χ0n) is 22.7. The number of rotatable bonds is 9. The number of carbonyl (C=O) groups excluding carboxylic acids is 1. The molecule has 40 heavy (non-hydrogen) atoms. The third kappa shape index (κ3) is 6.33. The van der Waals surface area contributed by atoms with Gasteiger partial charge in [-0.3, -0.25) is 9.10 Å². The number of sulfonamides is 1. The van der Waals surface area contributed by atoms with Crippen LogP contribution in [0.4, 0.5) is 5.69 Å². The molecule has 2 aliphatic heterocycles.